The van der Waals surface area contributed by atoms with E-state index >= 15 is 0 Å². The molecule has 0 unspecified atom stereocenters. The molecular weight excluding hydrogens is 206 g/mol. The minimum atomic E-state index is -2.60. The molecule has 2 rings (SSSR count). The predicted molar refractivity (Wildman–Crippen MR) is 44.0 cm³/mol. The normalized spacial score (nSPS) is 9.71. The van der Waals surface area contributed by atoms with Gasteiger partial charge in [0, 0.05) is 16.2 Å². The summed E-state index contributed by atoms with van der Waals surface area (Å²) in [6, 6.07) is 12.1. The zero-order valence-corrected chi connectivity index (χ0v) is 7.89. The highest BCUT2D eigenvalue weighted by Crippen LogP contribution is 2.07. The third-order valence-electron chi connectivity index (χ3n) is 1.51. The van der Waals surface area contributed by atoms with Crippen molar-refractivity contribution in [2.45, 2.75) is 0 Å². The Morgan fingerprint density at radius 1 is 1.07 bits per heavy atom. The zero-order chi connectivity index (χ0) is 10.4. The fraction of sp³-hybridized carbons (Fsp3) is 0. The van der Waals surface area contributed by atoms with Crippen LogP contribution in [-0.2, 0) is 0 Å². The Hall–Kier alpha value is -1.20. The smallest absolute Gasteiger partial charge is 0.282 e. The van der Waals surface area contributed by atoms with Gasteiger partial charge in [0.15, 0.2) is 0 Å². The first-order valence-electron chi connectivity index (χ1n) is 3.74. The lowest BCUT2D eigenvalue weighted by Gasteiger charge is -1.91. The number of hydrogen-bond donors (Lipinski definition) is 1. The minimum Gasteiger partial charge on any atom is -0.321 e. The Balaban J connectivity index is 0.000000213. The second-order valence-electron chi connectivity index (χ2n) is 2.40. The number of pyridine rings is 1. The molecule has 5 heteroatoms. The highest BCUT2D eigenvalue weighted by atomic mass is 35.6. The summed E-state index contributed by atoms with van der Waals surface area (Å²) >= 11 is 0. The van der Waals surface area contributed by atoms with E-state index in [2.05, 4.69) is 17.1 Å². The van der Waals surface area contributed by atoms with Crippen LogP contribution in [-0.4, -0.2) is 9.64 Å². The first-order valence-corrected chi connectivity index (χ1v) is 4.70. The second-order valence-corrected chi connectivity index (χ2v) is 2.80. The summed E-state index contributed by atoms with van der Waals surface area (Å²) in [7, 11) is -2.60. The van der Waals surface area contributed by atoms with E-state index in [0.29, 0.717) is 0 Å². The molecular formula is C9H8ClNO3. The van der Waals surface area contributed by atoms with Gasteiger partial charge in [-0.25, -0.2) is 0 Å². The van der Waals surface area contributed by atoms with Crippen LogP contribution in [0.5, 0.6) is 0 Å². The molecule has 0 amide bonds. The van der Waals surface area contributed by atoms with Crippen LogP contribution < -0.4 is 9.32 Å². The van der Waals surface area contributed by atoms with Gasteiger partial charge in [-0.05, 0) is 12.1 Å². The van der Waals surface area contributed by atoms with Crippen LogP contribution in [0, 0.1) is 10.8 Å². The van der Waals surface area contributed by atoms with Crippen LogP contribution in [0.4, 0.5) is 0 Å². The van der Waals surface area contributed by atoms with Gasteiger partial charge in [-0.1, -0.05) is 24.3 Å². The summed E-state index contributed by atoms with van der Waals surface area (Å²) in [6.45, 7) is 0. The summed E-state index contributed by atoms with van der Waals surface area (Å²) < 4.78 is 24.0. The van der Waals surface area contributed by atoms with Gasteiger partial charge in [0.2, 0.25) is 0 Å². The summed E-state index contributed by atoms with van der Waals surface area (Å²) in [5.41, 5.74) is 1.06. The maximum Gasteiger partial charge on any atom is 0.282 e. The van der Waals surface area contributed by atoms with Crippen molar-refractivity contribution in [3.8, 4) is 0 Å². The van der Waals surface area contributed by atoms with Gasteiger partial charge in [-0.15, -0.1) is 0 Å². The van der Waals surface area contributed by atoms with E-state index in [1.54, 1.807) is 0 Å². The molecule has 74 valence electrons. The Morgan fingerprint density at radius 2 is 1.64 bits per heavy atom. The highest BCUT2D eigenvalue weighted by molar-refractivity contribution is 5.77. The SMILES string of the molecule is [O-][Cl+2]([O-])O.c1ccc2ncccc2c1. The first-order chi connectivity index (χ1) is 6.70. The van der Waals surface area contributed by atoms with E-state index in [0.717, 1.165) is 5.52 Å². The van der Waals surface area contributed by atoms with Crippen LogP contribution >= 0.6 is 0 Å². The van der Waals surface area contributed by atoms with Crippen molar-refractivity contribution in [1.82, 2.24) is 4.98 Å². The lowest BCUT2D eigenvalue weighted by Crippen LogP contribution is -2.30. The number of benzene rings is 1. The van der Waals surface area contributed by atoms with Crippen LogP contribution in [0.1, 0.15) is 0 Å². The number of halogens is 1. The number of hydrogen-bond acceptors (Lipinski definition) is 4. The molecule has 0 radical (unpaired) electrons. The lowest BCUT2D eigenvalue weighted by atomic mass is 10.2. The third-order valence-corrected chi connectivity index (χ3v) is 1.51. The topological polar surface area (TPSA) is 79.2 Å². The molecule has 0 saturated carbocycles. The van der Waals surface area contributed by atoms with Crippen LogP contribution in [0.25, 0.3) is 10.9 Å². The number of fused-ring (bicyclic) bond motifs is 1. The number of para-hydroxylation sites is 1. The van der Waals surface area contributed by atoms with Gasteiger partial charge >= 0.3 is 0 Å². The number of aromatic nitrogens is 1. The summed E-state index contributed by atoms with van der Waals surface area (Å²) in [5, 5.41) is 1.20. The Bertz CT molecular complexity index is 326. The molecule has 0 aliphatic carbocycles. The number of rotatable bonds is 0. The van der Waals surface area contributed by atoms with Crippen molar-refractivity contribution in [3.05, 3.63) is 42.6 Å². The Morgan fingerprint density at radius 3 is 2.29 bits per heavy atom. The van der Waals surface area contributed by atoms with E-state index < -0.39 is 10.8 Å². The van der Waals surface area contributed by atoms with Crippen molar-refractivity contribution in [2.24, 2.45) is 0 Å². The fourth-order valence-corrected chi connectivity index (χ4v) is 1.02. The quantitative estimate of drug-likeness (QED) is 0.628. The Kier molecular flexibility index (Phi) is 4.28. The standard InChI is InChI=1S/C9H7N.ClHO3/c1-2-6-9-8(4-1)5-3-7-10-9;2-1(3)4/h1-7H;2H. The van der Waals surface area contributed by atoms with Gasteiger partial charge in [-0.2, -0.15) is 0 Å². The molecule has 1 N–H and O–H groups in total. The van der Waals surface area contributed by atoms with Crippen molar-refractivity contribution in [2.75, 3.05) is 0 Å². The van der Waals surface area contributed by atoms with E-state index in [9.17, 15) is 0 Å². The summed E-state index contributed by atoms with van der Waals surface area (Å²) in [4.78, 5) is 4.18. The van der Waals surface area contributed by atoms with Crippen LogP contribution in [0.15, 0.2) is 42.6 Å². The molecule has 2 aromatic rings. The molecule has 0 spiro atoms. The summed E-state index contributed by atoms with van der Waals surface area (Å²) in [6.07, 6.45) is 1.81. The van der Waals surface area contributed by atoms with Gasteiger partial charge in [0.1, 0.15) is 0 Å². The maximum absolute atomic E-state index is 8.52. The average Bonchev–Trinajstić information content (AvgIpc) is 2.17. The van der Waals surface area contributed by atoms with E-state index in [4.69, 9.17) is 14.0 Å². The van der Waals surface area contributed by atoms with Crippen LogP contribution in [0.3, 0.4) is 0 Å². The largest absolute Gasteiger partial charge is 0.321 e. The van der Waals surface area contributed by atoms with Gasteiger partial charge in [0.25, 0.3) is 10.8 Å². The fourth-order valence-electron chi connectivity index (χ4n) is 1.02. The maximum atomic E-state index is 8.52. The van der Waals surface area contributed by atoms with Crippen molar-refractivity contribution in [3.63, 3.8) is 0 Å². The second kappa shape index (κ2) is 5.51. The average molecular weight is 214 g/mol. The molecule has 4 nitrogen and oxygen atoms in total. The van der Waals surface area contributed by atoms with Crippen molar-refractivity contribution < 1.29 is 24.8 Å². The molecule has 1 aromatic heterocycles. The molecule has 0 fully saturated rings. The summed E-state index contributed by atoms with van der Waals surface area (Å²) in [5.74, 6) is 0. The van der Waals surface area contributed by atoms with Gasteiger partial charge in [-0.3, -0.25) is 4.98 Å². The predicted octanol–water partition coefficient (Wildman–Crippen LogP) is -0.700. The van der Waals surface area contributed by atoms with Crippen LogP contribution in [0.2, 0.25) is 0 Å². The van der Waals surface area contributed by atoms with E-state index in [1.807, 2.05) is 30.5 Å². The van der Waals surface area contributed by atoms with Gasteiger partial charge < -0.3 is 9.32 Å². The highest BCUT2D eigenvalue weighted by Gasteiger charge is 1.86. The zero-order valence-electron chi connectivity index (χ0n) is 7.13. The molecule has 0 aliphatic heterocycles. The van der Waals surface area contributed by atoms with Crippen molar-refractivity contribution in [1.29, 1.82) is 0 Å². The van der Waals surface area contributed by atoms with Gasteiger partial charge in [0.05, 0.1) is 5.52 Å². The molecule has 1 heterocycles. The monoisotopic (exact) mass is 213 g/mol. The Labute approximate surface area is 83.9 Å². The minimum absolute atomic E-state index is 1.06. The number of nitrogens with zero attached hydrogens (tertiary/aromatic N) is 1. The molecule has 0 bridgehead atoms. The molecule has 14 heavy (non-hydrogen) atoms. The molecule has 1 aromatic carbocycles. The molecule has 0 aliphatic rings. The first kappa shape index (κ1) is 10.9. The van der Waals surface area contributed by atoms with Crippen molar-refractivity contribution >= 4 is 10.9 Å². The third kappa shape index (κ3) is 3.68. The molecule has 0 atom stereocenters. The lowest BCUT2D eigenvalue weighted by molar-refractivity contribution is -1.63. The van der Waals surface area contributed by atoms with E-state index in [-0.39, 0.29) is 0 Å². The molecule has 0 saturated heterocycles. The van der Waals surface area contributed by atoms with E-state index in [1.165, 1.54) is 5.39 Å².